The average Bonchev–Trinajstić information content (AvgIpc) is 2.07. The van der Waals surface area contributed by atoms with Gasteiger partial charge in [-0.2, -0.15) is 0 Å². The third-order valence-electron chi connectivity index (χ3n) is 1.83. The van der Waals surface area contributed by atoms with Crippen LogP contribution in [0.2, 0.25) is 0 Å². The van der Waals surface area contributed by atoms with E-state index in [0.29, 0.717) is 19.6 Å². The van der Waals surface area contributed by atoms with Crippen LogP contribution in [0.3, 0.4) is 0 Å². The van der Waals surface area contributed by atoms with Gasteiger partial charge in [0.2, 0.25) is 5.91 Å². The molecule has 0 N–H and O–H groups in total. The Morgan fingerprint density at radius 1 is 1.42 bits per heavy atom. The smallest absolute Gasteiger partial charge is 0.222 e. The zero-order chi connectivity index (χ0) is 8.10. The third-order valence-corrected chi connectivity index (χ3v) is 1.83. The molecule has 12 heavy (non-hydrogen) atoms. The molecule has 1 saturated heterocycles. The predicted octanol–water partition coefficient (Wildman–Crippen LogP) is 1.28. The molecule has 0 atom stereocenters. The first-order valence-electron chi connectivity index (χ1n) is 4.20. The lowest BCUT2D eigenvalue weighted by Gasteiger charge is -2.26. The zero-order valence-corrected chi connectivity index (χ0v) is 7.01. The molecule has 3 nitrogen and oxygen atoms in total. The predicted molar refractivity (Wildman–Crippen MR) is 49.0 cm³/mol. The zero-order valence-electron chi connectivity index (χ0n) is 7.01. The van der Waals surface area contributed by atoms with Crippen LogP contribution in [0.1, 0.15) is 27.2 Å². The van der Waals surface area contributed by atoms with Crippen LogP contribution < -0.4 is 0 Å². The number of carbonyl (C=O) groups is 1. The van der Waals surface area contributed by atoms with Crippen molar-refractivity contribution in [2.45, 2.75) is 27.2 Å². The van der Waals surface area contributed by atoms with Gasteiger partial charge in [0.05, 0.1) is 13.2 Å². The van der Waals surface area contributed by atoms with Crippen LogP contribution in [0.5, 0.6) is 0 Å². The topological polar surface area (TPSA) is 29.5 Å². The van der Waals surface area contributed by atoms with Gasteiger partial charge in [-0.15, -0.1) is 0 Å². The fourth-order valence-electron chi connectivity index (χ4n) is 1.18. The molecule has 0 unspecified atom stereocenters. The van der Waals surface area contributed by atoms with Gasteiger partial charge in [0.1, 0.15) is 0 Å². The third kappa shape index (κ3) is 3.22. The van der Waals surface area contributed by atoms with Crippen LogP contribution in [-0.2, 0) is 9.53 Å². The molecule has 72 valence electrons. The lowest BCUT2D eigenvalue weighted by Crippen LogP contribution is -2.40. The molecule has 0 saturated carbocycles. The molecular weight excluding hydrogens is 154 g/mol. The standard InChI is InChI=1S/C8H15NO2.CH4/c1-2-3-8(10)9-4-6-11-7-5-9;/h2-7H2,1H3;1H4. The molecule has 1 rings (SSSR count). The Morgan fingerprint density at radius 2 is 2.00 bits per heavy atom. The molecule has 1 amide bonds. The second kappa shape index (κ2) is 6.00. The molecule has 1 aliphatic heterocycles. The summed E-state index contributed by atoms with van der Waals surface area (Å²) in [6.07, 6.45) is 1.62. The van der Waals surface area contributed by atoms with Gasteiger partial charge < -0.3 is 9.64 Å². The number of carbonyl (C=O) groups excluding carboxylic acids is 1. The summed E-state index contributed by atoms with van der Waals surface area (Å²) >= 11 is 0. The Morgan fingerprint density at radius 3 is 2.50 bits per heavy atom. The second-order valence-electron chi connectivity index (χ2n) is 2.74. The maximum absolute atomic E-state index is 11.3. The molecule has 0 aliphatic carbocycles. The molecule has 0 spiro atoms. The van der Waals surface area contributed by atoms with Crippen LogP contribution in [0.4, 0.5) is 0 Å². The van der Waals surface area contributed by atoms with E-state index in [2.05, 4.69) is 0 Å². The van der Waals surface area contributed by atoms with E-state index in [1.54, 1.807) is 0 Å². The van der Waals surface area contributed by atoms with Crippen molar-refractivity contribution in [2.24, 2.45) is 0 Å². The van der Waals surface area contributed by atoms with E-state index in [9.17, 15) is 4.79 Å². The minimum Gasteiger partial charge on any atom is -0.378 e. The highest BCUT2D eigenvalue weighted by atomic mass is 16.5. The number of amides is 1. The Labute approximate surface area is 74.7 Å². The van der Waals surface area contributed by atoms with E-state index in [1.807, 2.05) is 11.8 Å². The average molecular weight is 173 g/mol. The number of hydrogen-bond acceptors (Lipinski definition) is 2. The first-order chi connectivity index (χ1) is 5.34. The number of rotatable bonds is 2. The fourth-order valence-corrected chi connectivity index (χ4v) is 1.18. The summed E-state index contributed by atoms with van der Waals surface area (Å²) in [4.78, 5) is 13.2. The van der Waals surface area contributed by atoms with Crippen LogP contribution in [0.15, 0.2) is 0 Å². The van der Waals surface area contributed by atoms with Crippen molar-refractivity contribution < 1.29 is 9.53 Å². The van der Waals surface area contributed by atoms with Crippen molar-refractivity contribution in [1.82, 2.24) is 4.90 Å². The fraction of sp³-hybridized carbons (Fsp3) is 0.889. The van der Waals surface area contributed by atoms with Crippen molar-refractivity contribution in [1.29, 1.82) is 0 Å². The van der Waals surface area contributed by atoms with Crippen molar-refractivity contribution >= 4 is 5.91 Å². The monoisotopic (exact) mass is 173 g/mol. The number of ether oxygens (including phenoxy) is 1. The normalized spacial score (nSPS) is 16.9. The van der Waals surface area contributed by atoms with Gasteiger partial charge in [-0.05, 0) is 6.42 Å². The highest BCUT2D eigenvalue weighted by Crippen LogP contribution is 2.01. The molecule has 0 aromatic carbocycles. The highest BCUT2D eigenvalue weighted by molar-refractivity contribution is 5.76. The molecule has 3 heteroatoms. The summed E-state index contributed by atoms with van der Waals surface area (Å²) in [7, 11) is 0. The first-order valence-corrected chi connectivity index (χ1v) is 4.20. The summed E-state index contributed by atoms with van der Waals surface area (Å²) < 4.78 is 5.13. The minimum absolute atomic E-state index is 0. The molecule has 0 bridgehead atoms. The number of hydrogen-bond donors (Lipinski definition) is 0. The van der Waals surface area contributed by atoms with E-state index in [4.69, 9.17) is 4.74 Å². The van der Waals surface area contributed by atoms with Gasteiger partial charge in [-0.1, -0.05) is 14.4 Å². The van der Waals surface area contributed by atoms with Crippen LogP contribution in [0, 0.1) is 0 Å². The van der Waals surface area contributed by atoms with Gasteiger partial charge >= 0.3 is 0 Å². The van der Waals surface area contributed by atoms with Crippen molar-refractivity contribution in [3.05, 3.63) is 0 Å². The SMILES string of the molecule is C.CCCC(=O)N1CCOCC1. The maximum atomic E-state index is 11.3. The second-order valence-corrected chi connectivity index (χ2v) is 2.74. The summed E-state index contributed by atoms with van der Waals surface area (Å²) in [5.74, 6) is 0.274. The molecule has 0 radical (unpaired) electrons. The summed E-state index contributed by atoms with van der Waals surface area (Å²) in [6.45, 7) is 4.99. The van der Waals surface area contributed by atoms with E-state index in [-0.39, 0.29) is 13.3 Å². The quantitative estimate of drug-likeness (QED) is 0.629. The summed E-state index contributed by atoms with van der Waals surface area (Å²) in [5.41, 5.74) is 0. The van der Waals surface area contributed by atoms with Crippen molar-refractivity contribution in [2.75, 3.05) is 26.3 Å². The van der Waals surface area contributed by atoms with Crippen LogP contribution in [0.25, 0.3) is 0 Å². The largest absolute Gasteiger partial charge is 0.378 e. The van der Waals surface area contributed by atoms with E-state index in [1.165, 1.54) is 0 Å². The number of morpholine rings is 1. The Kier molecular flexibility index (Phi) is 5.72. The number of nitrogens with zero attached hydrogens (tertiary/aromatic N) is 1. The highest BCUT2D eigenvalue weighted by Gasteiger charge is 2.14. The van der Waals surface area contributed by atoms with Gasteiger partial charge in [-0.25, -0.2) is 0 Å². The van der Waals surface area contributed by atoms with E-state index in [0.717, 1.165) is 19.5 Å². The maximum Gasteiger partial charge on any atom is 0.222 e. The van der Waals surface area contributed by atoms with Gasteiger partial charge in [0, 0.05) is 19.5 Å². The van der Waals surface area contributed by atoms with Gasteiger partial charge in [0.25, 0.3) is 0 Å². The molecule has 1 fully saturated rings. The molecule has 1 aliphatic rings. The molecule has 1 heterocycles. The summed E-state index contributed by atoms with van der Waals surface area (Å²) in [5, 5.41) is 0. The lowest BCUT2D eigenvalue weighted by atomic mass is 10.3. The lowest BCUT2D eigenvalue weighted by molar-refractivity contribution is -0.135. The van der Waals surface area contributed by atoms with Gasteiger partial charge in [-0.3, -0.25) is 4.79 Å². The molecule has 0 aromatic heterocycles. The Balaban J connectivity index is 0.00000121. The van der Waals surface area contributed by atoms with E-state index >= 15 is 0 Å². The van der Waals surface area contributed by atoms with Crippen LogP contribution >= 0.6 is 0 Å². The summed E-state index contributed by atoms with van der Waals surface area (Å²) in [6, 6.07) is 0. The van der Waals surface area contributed by atoms with Crippen molar-refractivity contribution in [3.63, 3.8) is 0 Å². The Hall–Kier alpha value is -0.570. The molecular formula is C9H19NO2. The Bertz CT molecular complexity index is 130. The van der Waals surface area contributed by atoms with Crippen molar-refractivity contribution in [3.8, 4) is 0 Å². The van der Waals surface area contributed by atoms with Crippen LogP contribution in [-0.4, -0.2) is 37.1 Å². The van der Waals surface area contributed by atoms with E-state index < -0.39 is 0 Å². The molecule has 0 aromatic rings. The first kappa shape index (κ1) is 11.4. The minimum atomic E-state index is 0. The van der Waals surface area contributed by atoms with Gasteiger partial charge in [0.15, 0.2) is 0 Å².